The quantitative estimate of drug-likeness (QED) is 0.0272. The van der Waals surface area contributed by atoms with Crippen LogP contribution in [-0.4, -0.2) is 22.2 Å². The molecule has 4 heterocycles. The second kappa shape index (κ2) is 29.6. The van der Waals surface area contributed by atoms with Crippen LogP contribution in [0.5, 0.6) is 0 Å². The lowest BCUT2D eigenvalue weighted by molar-refractivity contribution is -0.133. The van der Waals surface area contributed by atoms with Gasteiger partial charge in [-0.15, -0.1) is 45.3 Å². The van der Waals surface area contributed by atoms with Gasteiger partial charge in [-0.1, -0.05) is 128 Å². The van der Waals surface area contributed by atoms with Gasteiger partial charge in [0.05, 0.1) is 0 Å². The number of anilines is 3. The molecule has 0 aliphatic heterocycles. The lowest BCUT2D eigenvalue weighted by Gasteiger charge is -2.26. The minimum atomic E-state index is -1.21. The molecule has 2 N–H and O–H groups in total. The van der Waals surface area contributed by atoms with Crippen molar-refractivity contribution in [3.05, 3.63) is 166 Å². The molecule has 11 heteroatoms. The molecule has 396 valence electrons. The van der Waals surface area contributed by atoms with E-state index in [4.69, 9.17) is 0 Å². The summed E-state index contributed by atoms with van der Waals surface area (Å²) in [5, 5.41) is 38.0. The molecule has 0 spiro atoms. The molecular formula is C66H69N3O4S4. The van der Waals surface area contributed by atoms with Gasteiger partial charge in [-0.2, -0.15) is 10.5 Å². The van der Waals surface area contributed by atoms with Crippen molar-refractivity contribution in [1.29, 1.82) is 10.5 Å². The summed E-state index contributed by atoms with van der Waals surface area (Å²) in [6.07, 6.45) is 28.0. The number of nitriles is 2. The van der Waals surface area contributed by atoms with Gasteiger partial charge < -0.3 is 15.1 Å². The van der Waals surface area contributed by atoms with E-state index in [0.717, 1.165) is 149 Å². The van der Waals surface area contributed by atoms with Gasteiger partial charge in [0.15, 0.2) is 0 Å². The number of thiophene rings is 4. The predicted octanol–water partition coefficient (Wildman–Crippen LogP) is 20.1. The van der Waals surface area contributed by atoms with Crippen LogP contribution in [0.2, 0.25) is 0 Å². The van der Waals surface area contributed by atoms with E-state index >= 15 is 0 Å². The summed E-state index contributed by atoms with van der Waals surface area (Å²) in [4.78, 5) is 34.0. The lowest BCUT2D eigenvalue weighted by Crippen LogP contribution is -2.10. The number of nitrogens with zero attached hydrogens (tertiary/aromatic N) is 3. The summed E-state index contributed by atoms with van der Waals surface area (Å²) in [7, 11) is 0. The summed E-state index contributed by atoms with van der Waals surface area (Å²) in [6.45, 7) is 8.94. The van der Waals surface area contributed by atoms with Crippen LogP contribution >= 0.6 is 45.3 Å². The number of carboxylic acids is 2. The van der Waals surface area contributed by atoms with Crippen LogP contribution in [0.4, 0.5) is 17.1 Å². The maximum absolute atomic E-state index is 11.7. The van der Waals surface area contributed by atoms with Gasteiger partial charge in [0.25, 0.3) is 0 Å². The van der Waals surface area contributed by atoms with Crippen LogP contribution in [-0.2, 0) is 28.9 Å². The maximum Gasteiger partial charge on any atom is 0.346 e. The fourth-order valence-corrected chi connectivity index (χ4v) is 13.3. The molecular weight excluding hydrogens is 1030 g/mol. The Balaban J connectivity index is 1.11. The van der Waals surface area contributed by atoms with Crippen LogP contribution in [0.25, 0.3) is 57.3 Å². The lowest BCUT2D eigenvalue weighted by atomic mass is 9.92. The molecule has 0 aliphatic rings. The monoisotopic (exact) mass is 1100 g/mol. The first-order chi connectivity index (χ1) is 37.5. The number of aryl methyl sites for hydroxylation is 2. The highest BCUT2D eigenvalue weighted by atomic mass is 32.1. The zero-order chi connectivity index (χ0) is 54.5. The Labute approximate surface area is 472 Å². The molecule has 1 unspecified atom stereocenters. The molecule has 0 radical (unpaired) electrons. The third-order valence-corrected chi connectivity index (χ3v) is 18.1. The van der Waals surface area contributed by atoms with Gasteiger partial charge >= 0.3 is 11.9 Å². The van der Waals surface area contributed by atoms with Crippen LogP contribution in [0.3, 0.4) is 0 Å². The number of aliphatic carboxylic acids is 2. The maximum atomic E-state index is 11.7. The van der Waals surface area contributed by atoms with Crippen molar-refractivity contribution in [3.8, 4) is 33.0 Å². The van der Waals surface area contributed by atoms with E-state index in [1.54, 1.807) is 22.7 Å². The van der Waals surface area contributed by atoms with E-state index in [0.29, 0.717) is 5.92 Å². The smallest absolute Gasteiger partial charge is 0.346 e. The molecule has 0 saturated heterocycles. The first kappa shape index (κ1) is 57.8. The minimum Gasteiger partial charge on any atom is -0.477 e. The zero-order valence-electron chi connectivity index (χ0n) is 44.7. The van der Waals surface area contributed by atoms with Crippen molar-refractivity contribution in [2.75, 3.05) is 4.90 Å². The normalized spacial score (nSPS) is 12.3. The van der Waals surface area contributed by atoms with E-state index < -0.39 is 11.9 Å². The second-order valence-electron chi connectivity index (χ2n) is 19.4. The Kier molecular flexibility index (Phi) is 22.2. The van der Waals surface area contributed by atoms with Gasteiger partial charge in [-0.3, -0.25) is 0 Å². The Hall–Kier alpha value is -6.86. The topological polar surface area (TPSA) is 125 Å². The van der Waals surface area contributed by atoms with Crippen molar-refractivity contribution in [2.24, 2.45) is 5.92 Å². The number of unbranched alkanes of at least 4 members (excludes halogenated alkanes) is 7. The van der Waals surface area contributed by atoms with E-state index in [-0.39, 0.29) is 11.1 Å². The number of hydrogen-bond donors (Lipinski definition) is 2. The molecule has 0 aliphatic carbocycles. The molecule has 7 rings (SSSR count). The molecule has 7 aromatic rings. The van der Waals surface area contributed by atoms with E-state index in [9.17, 15) is 30.3 Å². The van der Waals surface area contributed by atoms with Gasteiger partial charge in [-0.25, -0.2) is 9.59 Å². The Morgan fingerprint density at radius 3 is 1.32 bits per heavy atom. The van der Waals surface area contributed by atoms with Crippen LogP contribution < -0.4 is 4.90 Å². The molecule has 7 nitrogen and oxygen atoms in total. The largest absolute Gasteiger partial charge is 0.477 e. The number of carboxylic acid groups (broad SMARTS) is 2. The third kappa shape index (κ3) is 16.6. The third-order valence-electron chi connectivity index (χ3n) is 13.7. The Morgan fingerprint density at radius 1 is 0.519 bits per heavy atom. The van der Waals surface area contributed by atoms with Crippen molar-refractivity contribution in [2.45, 2.75) is 124 Å². The SMILES string of the molecule is CCCCCCc1cc(/C=C/c2ccc(-c3ccc(N(c4ccc(CC(CC)CCCC)cc4)c4ccc(-c5ccc(/C=C/c6cc(CCCCCC)c(/C=C(\C#N)C(=O)O)s6)s5)cc4)cc3)s2)sc1/C=C(\C#N)C(=O)O. The van der Waals surface area contributed by atoms with E-state index in [2.05, 4.69) is 166 Å². The molecule has 0 saturated carbocycles. The molecule has 4 aromatic heterocycles. The zero-order valence-corrected chi connectivity index (χ0v) is 48.0. The van der Waals surface area contributed by atoms with Crippen molar-refractivity contribution in [3.63, 3.8) is 0 Å². The number of benzene rings is 3. The van der Waals surface area contributed by atoms with Gasteiger partial charge in [0, 0.05) is 56.1 Å². The summed E-state index contributed by atoms with van der Waals surface area (Å²) >= 11 is 6.49. The standard InChI is InChI=1S/C66H69N3O4S4/c1-5-9-12-14-17-50-40-59(76-63(50)42-52(44-67)65(70)71)33-31-57-35-37-61(74-57)48-21-27-55(28-22-48)69(54-25-19-47(20-26-54)39-46(8-4)16-11-7-3)56-29-23-49(24-30-56)62-38-36-58(75-62)32-34-60-41-51(18-15-13-10-6-2)64(77-60)43-53(45-68)66(72)73/h19-38,40-43,46H,5-18,39H2,1-4H3,(H,70,71)(H,72,73)/b33-31+,34-32+,52-42+,53-43+. The molecule has 1 atom stereocenters. The molecule has 0 amide bonds. The van der Waals surface area contributed by atoms with Gasteiger partial charge in [-0.05, 0) is 175 Å². The first-order valence-corrected chi connectivity index (χ1v) is 30.4. The molecule has 0 bridgehead atoms. The number of hydrogen-bond acceptors (Lipinski definition) is 9. The average Bonchev–Trinajstić information content (AvgIpc) is 4.29. The summed E-state index contributed by atoms with van der Waals surface area (Å²) in [5.74, 6) is -1.74. The van der Waals surface area contributed by atoms with Gasteiger partial charge in [0.2, 0.25) is 0 Å². The molecule has 3 aromatic carbocycles. The van der Waals surface area contributed by atoms with E-state index in [1.165, 1.54) is 66.1 Å². The van der Waals surface area contributed by atoms with Crippen LogP contribution in [0.15, 0.2) is 120 Å². The highest BCUT2D eigenvalue weighted by Crippen LogP contribution is 2.40. The van der Waals surface area contributed by atoms with Gasteiger partial charge in [0.1, 0.15) is 23.3 Å². The second-order valence-corrected chi connectivity index (χ2v) is 23.9. The summed E-state index contributed by atoms with van der Waals surface area (Å²) in [5.41, 5.74) is 8.50. The van der Waals surface area contributed by atoms with E-state index in [1.807, 2.05) is 12.1 Å². The average molecular weight is 1100 g/mol. The Morgan fingerprint density at radius 2 is 0.935 bits per heavy atom. The fourth-order valence-electron chi connectivity index (χ4n) is 9.34. The summed E-state index contributed by atoms with van der Waals surface area (Å²) < 4.78 is 0. The number of carbonyl (C=O) groups is 2. The molecule has 0 fully saturated rings. The Bertz CT molecular complexity index is 3070. The van der Waals surface area contributed by atoms with Crippen molar-refractivity contribution >= 4 is 111 Å². The molecule has 77 heavy (non-hydrogen) atoms. The highest BCUT2D eigenvalue weighted by molar-refractivity contribution is 7.17. The van der Waals surface area contributed by atoms with Crippen LogP contribution in [0.1, 0.15) is 151 Å². The minimum absolute atomic E-state index is 0.250. The van der Waals surface area contributed by atoms with Crippen LogP contribution in [0, 0.1) is 28.6 Å². The number of rotatable bonds is 29. The highest BCUT2D eigenvalue weighted by Gasteiger charge is 2.17. The van der Waals surface area contributed by atoms with Crippen molar-refractivity contribution < 1.29 is 19.8 Å². The van der Waals surface area contributed by atoms with Crippen molar-refractivity contribution in [1.82, 2.24) is 0 Å². The fraction of sp³-hybridized carbons (Fsp3) is 0.303. The first-order valence-electron chi connectivity index (χ1n) is 27.1. The summed E-state index contributed by atoms with van der Waals surface area (Å²) in [6, 6.07) is 43.3. The predicted molar refractivity (Wildman–Crippen MR) is 329 cm³/mol.